The molecule has 108 valence electrons. The first-order valence-corrected chi connectivity index (χ1v) is 6.59. The minimum atomic E-state index is -0.434. The Morgan fingerprint density at radius 3 is 2.85 bits per heavy atom. The van der Waals surface area contributed by atoms with Crippen LogP contribution in [0.15, 0.2) is 27.1 Å². The van der Waals surface area contributed by atoms with Crippen molar-refractivity contribution in [3.63, 3.8) is 0 Å². The standard InChI is InChI=1S/C15H19NO4/c1-3-13(17)9-14-11(2)12(8-15(18)20-14)10-16-4-6-19-7-5-16/h3,8-9,17H,2,4-7,10H2,1H3/b13-3+,14-9+. The molecule has 2 rings (SSSR count). The summed E-state index contributed by atoms with van der Waals surface area (Å²) in [5, 5.41) is 10.2. The number of rotatable bonds is 3. The number of nitrogens with zero attached hydrogens (tertiary/aromatic N) is 1. The Morgan fingerprint density at radius 1 is 1.50 bits per heavy atom. The second-order valence-corrected chi connectivity index (χ2v) is 4.68. The van der Waals surface area contributed by atoms with Crippen LogP contribution < -0.4 is 16.3 Å². The maximum absolute atomic E-state index is 11.6. The van der Waals surface area contributed by atoms with E-state index < -0.39 is 5.63 Å². The number of morpholine rings is 1. The van der Waals surface area contributed by atoms with Gasteiger partial charge in [-0.2, -0.15) is 0 Å². The highest BCUT2D eigenvalue weighted by Crippen LogP contribution is 2.01. The molecule has 1 N–H and O–H groups in total. The van der Waals surface area contributed by atoms with Crippen molar-refractivity contribution in [2.75, 3.05) is 26.3 Å². The predicted octanol–water partition coefficient (Wildman–Crippen LogP) is 0.125. The number of aliphatic hydroxyl groups excluding tert-OH is 1. The second-order valence-electron chi connectivity index (χ2n) is 4.68. The smallest absolute Gasteiger partial charge is 0.336 e. The lowest BCUT2D eigenvalue weighted by atomic mass is 10.2. The van der Waals surface area contributed by atoms with Gasteiger partial charge in [-0.15, -0.1) is 0 Å². The van der Waals surface area contributed by atoms with E-state index in [1.807, 2.05) is 0 Å². The van der Waals surface area contributed by atoms with E-state index in [1.165, 1.54) is 18.2 Å². The summed E-state index contributed by atoms with van der Waals surface area (Å²) in [5.74, 6) is 0.0431. The molecule has 0 saturated carbocycles. The van der Waals surface area contributed by atoms with E-state index in [0.717, 1.165) is 18.7 Å². The van der Waals surface area contributed by atoms with Gasteiger partial charge >= 0.3 is 5.63 Å². The fourth-order valence-corrected chi connectivity index (χ4v) is 2.06. The number of aliphatic hydroxyl groups is 1. The molecule has 0 atom stereocenters. The van der Waals surface area contributed by atoms with E-state index in [1.54, 1.807) is 6.92 Å². The zero-order valence-corrected chi connectivity index (χ0v) is 11.6. The van der Waals surface area contributed by atoms with Crippen molar-refractivity contribution in [1.29, 1.82) is 0 Å². The normalized spacial score (nSPS) is 18.4. The summed E-state index contributed by atoms with van der Waals surface area (Å²) in [4.78, 5) is 13.8. The molecule has 0 unspecified atom stereocenters. The van der Waals surface area contributed by atoms with Gasteiger partial charge in [0.05, 0.1) is 13.2 Å². The average molecular weight is 277 g/mol. The number of allylic oxidation sites excluding steroid dienone is 2. The van der Waals surface area contributed by atoms with Gasteiger partial charge < -0.3 is 14.3 Å². The van der Waals surface area contributed by atoms with Gasteiger partial charge in [0.2, 0.25) is 0 Å². The monoisotopic (exact) mass is 277 g/mol. The molecule has 20 heavy (non-hydrogen) atoms. The third kappa shape index (κ3) is 3.59. The maximum atomic E-state index is 11.6. The lowest BCUT2D eigenvalue weighted by Crippen LogP contribution is -2.39. The highest BCUT2D eigenvalue weighted by Gasteiger charge is 2.12. The fraction of sp³-hybridized carbons (Fsp3) is 0.400. The van der Waals surface area contributed by atoms with Crippen molar-refractivity contribution in [3.05, 3.63) is 44.5 Å². The first-order valence-electron chi connectivity index (χ1n) is 6.59. The average Bonchev–Trinajstić information content (AvgIpc) is 2.45. The Kier molecular flexibility index (Phi) is 4.76. The third-order valence-electron chi connectivity index (χ3n) is 3.26. The molecule has 1 fully saturated rings. The summed E-state index contributed by atoms with van der Waals surface area (Å²) in [7, 11) is 0. The summed E-state index contributed by atoms with van der Waals surface area (Å²) in [6.07, 6.45) is 2.93. The van der Waals surface area contributed by atoms with Crippen molar-refractivity contribution in [2.45, 2.75) is 13.5 Å². The molecular formula is C15H19NO4. The molecule has 0 spiro atoms. The number of hydrogen-bond acceptors (Lipinski definition) is 5. The highest BCUT2D eigenvalue weighted by molar-refractivity contribution is 5.40. The SMILES string of the molecule is C=c1c(CN2CCOCC2)cc(=O)o/c1=C/C(O)=C\C. The summed E-state index contributed by atoms with van der Waals surface area (Å²) in [5.41, 5.74) is 0.686. The van der Waals surface area contributed by atoms with E-state index >= 15 is 0 Å². The molecule has 2 heterocycles. The second kappa shape index (κ2) is 6.54. The minimum Gasteiger partial charge on any atom is -0.508 e. The van der Waals surface area contributed by atoms with Crippen molar-refractivity contribution >= 4 is 12.7 Å². The highest BCUT2D eigenvalue weighted by atomic mass is 16.5. The van der Waals surface area contributed by atoms with Crippen LogP contribution in [0.3, 0.4) is 0 Å². The predicted molar refractivity (Wildman–Crippen MR) is 76.7 cm³/mol. The first kappa shape index (κ1) is 14.6. The Labute approximate surface area is 117 Å². The van der Waals surface area contributed by atoms with E-state index in [4.69, 9.17) is 9.15 Å². The van der Waals surface area contributed by atoms with Gasteiger partial charge in [-0.1, -0.05) is 6.58 Å². The van der Waals surface area contributed by atoms with Crippen LogP contribution >= 0.6 is 0 Å². The largest absolute Gasteiger partial charge is 0.508 e. The van der Waals surface area contributed by atoms with Gasteiger partial charge in [-0.25, -0.2) is 4.79 Å². The van der Waals surface area contributed by atoms with Crippen LogP contribution in [0.25, 0.3) is 12.7 Å². The number of hydrogen-bond donors (Lipinski definition) is 1. The maximum Gasteiger partial charge on any atom is 0.336 e. The zero-order valence-electron chi connectivity index (χ0n) is 11.6. The van der Waals surface area contributed by atoms with Gasteiger partial charge in [0.25, 0.3) is 0 Å². The van der Waals surface area contributed by atoms with Gasteiger partial charge in [-0.05, 0) is 18.6 Å². The van der Waals surface area contributed by atoms with Gasteiger partial charge in [0.1, 0.15) is 11.2 Å². The molecule has 1 aliphatic rings. The summed E-state index contributed by atoms with van der Waals surface area (Å²) >= 11 is 0. The molecule has 0 aromatic carbocycles. The van der Waals surface area contributed by atoms with Crippen LogP contribution in [0.2, 0.25) is 0 Å². The van der Waals surface area contributed by atoms with E-state index in [9.17, 15) is 9.90 Å². The van der Waals surface area contributed by atoms with Gasteiger partial charge in [0.15, 0.2) is 0 Å². The van der Waals surface area contributed by atoms with E-state index in [2.05, 4.69) is 11.5 Å². The van der Waals surface area contributed by atoms with Crippen LogP contribution in [0, 0.1) is 0 Å². The van der Waals surface area contributed by atoms with E-state index in [0.29, 0.717) is 30.4 Å². The molecule has 0 amide bonds. The summed E-state index contributed by atoms with van der Waals surface area (Å²) in [6.45, 7) is 9.35. The molecule has 1 aromatic rings. The van der Waals surface area contributed by atoms with Crippen LogP contribution in [0.1, 0.15) is 12.5 Å². The Morgan fingerprint density at radius 2 is 2.20 bits per heavy atom. The Hall–Kier alpha value is -1.85. The molecule has 5 heteroatoms. The van der Waals surface area contributed by atoms with Crippen LogP contribution in [-0.2, 0) is 11.3 Å². The fourth-order valence-electron chi connectivity index (χ4n) is 2.06. The number of ether oxygens (including phenoxy) is 1. The van der Waals surface area contributed by atoms with Gasteiger partial charge in [-0.3, -0.25) is 4.90 Å². The quantitative estimate of drug-likeness (QED) is 0.795. The van der Waals surface area contributed by atoms with Gasteiger partial charge in [0, 0.05) is 37.0 Å². The topological polar surface area (TPSA) is 62.9 Å². The van der Waals surface area contributed by atoms with E-state index in [-0.39, 0.29) is 5.76 Å². The minimum absolute atomic E-state index is 0.0431. The van der Waals surface area contributed by atoms with Crippen LogP contribution in [-0.4, -0.2) is 36.3 Å². The zero-order chi connectivity index (χ0) is 14.5. The Balaban J connectivity index is 2.36. The molecular weight excluding hydrogens is 258 g/mol. The molecule has 0 bridgehead atoms. The summed E-state index contributed by atoms with van der Waals surface area (Å²) in [6, 6.07) is 1.46. The van der Waals surface area contributed by atoms with Crippen LogP contribution in [0.4, 0.5) is 0 Å². The molecule has 5 nitrogen and oxygen atoms in total. The first-order chi connectivity index (χ1) is 9.60. The molecule has 0 aliphatic carbocycles. The molecule has 1 aliphatic heterocycles. The van der Waals surface area contributed by atoms with Crippen molar-refractivity contribution in [1.82, 2.24) is 4.90 Å². The summed E-state index contributed by atoms with van der Waals surface area (Å²) < 4.78 is 10.4. The Bertz CT molecular complexity index is 653. The third-order valence-corrected chi connectivity index (χ3v) is 3.26. The van der Waals surface area contributed by atoms with Crippen molar-refractivity contribution < 1.29 is 14.3 Å². The lowest BCUT2D eigenvalue weighted by molar-refractivity contribution is 0.0340. The van der Waals surface area contributed by atoms with Crippen molar-refractivity contribution in [2.24, 2.45) is 0 Å². The lowest BCUT2D eigenvalue weighted by Gasteiger charge is -2.26. The molecule has 1 aromatic heterocycles. The van der Waals surface area contributed by atoms with Crippen molar-refractivity contribution in [3.8, 4) is 0 Å². The van der Waals surface area contributed by atoms with Crippen LogP contribution in [0.5, 0.6) is 0 Å². The molecule has 0 radical (unpaired) electrons. The molecule has 1 saturated heterocycles.